The molecule has 180 valence electrons. The van der Waals surface area contributed by atoms with E-state index in [0.29, 0.717) is 53.9 Å². The van der Waals surface area contributed by atoms with Gasteiger partial charge in [-0.3, -0.25) is 19.5 Å². The molecule has 0 aliphatic carbocycles. The number of nitrogens with one attached hydrogen (secondary N) is 1. The highest BCUT2D eigenvalue weighted by Crippen LogP contribution is 2.34. The van der Waals surface area contributed by atoms with E-state index in [2.05, 4.69) is 10.3 Å². The number of anilines is 1. The van der Waals surface area contributed by atoms with Gasteiger partial charge in [0.15, 0.2) is 0 Å². The molecule has 0 bridgehead atoms. The number of aryl methyl sites for hydroxylation is 1. The number of ether oxygens (including phenoxy) is 3. The number of esters is 1. The average Bonchev–Trinajstić information content (AvgIpc) is 2.86. The minimum Gasteiger partial charge on any atom is -0.493 e. The molecule has 2 heterocycles. The average molecular weight is 468 g/mol. The number of hydrogen-bond donors (Lipinski definition) is 1. The van der Waals surface area contributed by atoms with Crippen molar-refractivity contribution >= 4 is 28.8 Å². The Balaban J connectivity index is 2.01. The van der Waals surface area contributed by atoms with Crippen LogP contribution in [0.25, 0.3) is 22.2 Å². The molecule has 0 saturated heterocycles. The first-order chi connectivity index (χ1) is 16.5. The first-order valence-electron chi connectivity index (χ1n) is 11.3. The Kier molecular flexibility index (Phi) is 8.61. The number of carbonyl (C=O) groups excluding carboxylic acids is 2. The van der Waals surface area contributed by atoms with Crippen molar-refractivity contribution in [2.24, 2.45) is 0 Å². The Hall–Kier alpha value is -3.88. The number of benzene rings is 1. The summed E-state index contributed by atoms with van der Waals surface area (Å²) in [5.41, 5.74) is 1.50. The van der Waals surface area contributed by atoms with Crippen LogP contribution in [-0.4, -0.2) is 41.9 Å². The summed E-state index contributed by atoms with van der Waals surface area (Å²) in [6, 6.07) is 10.9. The Morgan fingerprint density at radius 1 is 1.12 bits per heavy atom. The third-order valence-corrected chi connectivity index (χ3v) is 5.11. The first kappa shape index (κ1) is 24.8. The molecule has 1 aromatic carbocycles. The molecule has 9 heteroatoms. The number of hydrogen-bond acceptors (Lipinski definition) is 7. The second-order valence-corrected chi connectivity index (χ2v) is 7.50. The van der Waals surface area contributed by atoms with E-state index in [-0.39, 0.29) is 23.8 Å². The quantitative estimate of drug-likeness (QED) is 0.348. The number of amides is 1. The number of carbonyl (C=O) groups is 2. The van der Waals surface area contributed by atoms with E-state index in [1.54, 1.807) is 35.9 Å². The van der Waals surface area contributed by atoms with Gasteiger partial charge >= 0.3 is 12.1 Å². The number of aromatic nitrogens is 2. The van der Waals surface area contributed by atoms with Crippen LogP contribution in [-0.2, 0) is 20.8 Å². The maximum absolute atomic E-state index is 13.4. The molecule has 2 aromatic heterocycles. The molecule has 0 aliphatic rings. The summed E-state index contributed by atoms with van der Waals surface area (Å²) >= 11 is 0. The molecule has 0 saturated carbocycles. The lowest BCUT2D eigenvalue weighted by molar-refractivity contribution is -0.143. The largest absolute Gasteiger partial charge is 0.493 e. The molecular weight excluding hydrogens is 438 g/mol. The molecule has 0 spiro atoms. The molecule has 9 nitrogen and oxygen atoms in total. The van der Waals surface area contributed by atoms with Crippen molar-refractivity contribution in [3.63, 3.8) is 0 Å². The van der Waals surface area contributed by atoms with Crippen LogP contribution in [0.4, 0.5) is 10.5 Å². The summed E-state index contributed by atoms with van der Waals surface area (Å²) in [5, 5.41) is 3.32. The van der Waals surface area contributed by atoms with Crippen molar-refractivity contribution in [1.29, 1.82) is 0 Å². The van der Waals surface area contributed by atoms with Gasteiger partial charge in [-0.2, -0.15) is 0 Å². The Bertz CT molecular complexity index is 1220. The fourth-order valence-electron chi connectivity index (χ4n) is 3.56. The fourth-order valence-corrected chi connectivity index (χ4v) is 3.56. The van der Waals surface area contributed by atoms with E-state index in [0.717, 1.165) is 6.42 Å². The zero-order valence-corrected chi connectivity index (χ0v) is 19.6. The summed E-state index contributed by atoms with van der Waals surface area (Å²) in [7, 11) is 1.24. The number of methoxy groups -OCH3 is 1. The van der Waals surface area contributed by atoms with Gasteiger partial charge in [-0.25, -0.2) is 9.78 Å². The summed E-state index contributed by atoms with van der Waals surface area (Å²) in [6.07, 6.45) is 2.50. The maximum Gasteiger partial charge on any atom is 0.411 e. The van der Waals surface area contributed by atoms with E-state index < -0.39 is 6.09 Å². The summed E-state index contributed by atoms with van der Waals surface area (Å²) in [4.78, 5) is 41.2. The monoisotopic (exact) mass is 467 g/mol. The second-order valence-electron chi connectivity index (χ2n) is 7.50. The van der Waals surface area contributed by atoms with Crippen molar-refractivity contribution in [2.75, 3.05) is 25.6 Å². The Labute approximate surface area is 197 Å². The SMILES string of the molecule is CCCn1c(=O)c(NC(=O)OC)c(-c2cccc(OCCCOC(=O)CC)c2)c2cccnc21. The smallest absolute Gasteiger partial charge is 0.411 e. The predicted molar refractivity (Wildman–Crippen MR) is 129 cm³/mol. The van der Waals surface area contributed by atoms with Gasteiger partial charge in [0, 0.05) is 36.5 Å². The summed E-state index contributed by atoms with van der Waals surface area (Å²) in [5.74, 6) is 0.337. The van der Waals surface area contributed by atoms with Crippen LogP contribution in [0.15, 0.2) is 47.4 Å². The molecule has 1 amide bonds. The zero-order chi connectivity index (χ0) is 24.5. The van der Waals surface area contributed by atoms with Crippen LogP contribution in [0.2, 0.25) is 0 Å². The van der Waals surface area contributed by atoms with Crippen LogP contribution in [0, 0.1) is 0 Å². The summed E-state index contributed by atoms with van der Waals surface area (Å²) < 4.78 is 17.2. The van der Waals surface area contributed by atoms with E-state index in [9.17, 15) is 14.4 Å². The van der Waals surface area contributed by atoms with E-state index in [1.165, 1.54) is 7.11 Å². The molecule has 0 aliphatic heterocycles. The van der Waals surface area contributed by atoms with Gasteiger partial charge in [0.2, 0.25) is 0 Å². The predicted octanol–water partition coefficient (Wildman–Crippen LogP) is 4.37. The molecule has 0 unspecified atom stereocenters. The minimum absolute atomic E-state index is 0.115. The Morgan fingerprint density at radius 2 is 1.94 bits per heavy atom. The third-order valence-electron chi connectivity index (χ3n) is 5.11. The van der Waals surface area contributed by atoms with Crippen molar-refractivity contribution < 1.29 is 23.8 Å². The minimum atomic E-state index is -0.737. The highest BCUT2D eigenvalue weighted by Gasteiger charge is 2.21. The van der Waals surface area contributed by atoms with Gasteiger partial charge in [0.1, 0.15) is 17.1 Å². The highest BCUT2D eigenvalue weighted by atomic mass is 16.5. The molecule has 34 heavy (non-hydrogen) atoms. The number of rotatable bonds is 10. The van der Waals surface area contributed by atoms with Crippen molar-refractivity contribution in [1.82, 2.24) is 9.55 Å². The van der Waals surface area contributed by atoms with Gasteiger partial charge in [-0.05, 0) is 36.2 Å². The van der Waals surface area contributed by atoms with Crippen LogP contribution in [0.5, 0.6) is 5.75 Å². The number of pyridine rings is 2. The van der Waals surface area contributed by atoms with Crippen molar-refractivity contribution in [3.8, 4) is 16.9 Å². The standard InChI is InChI=1S/C25H29N3O6/c1-4-13-28-23-19(11-7-12-26-23)21(22(24(28)30)27-25(31)32-3)17-9-6-10-18(16-17)33-14-8-15-34-20(29)5-2/h6-7,9-12,16H,4-5,8,13-15H2,1-3H3,(H,27,31). The maximum atomic E-state index is 13.4. The molecule has 0 fully saturated rings. The van der Waals surface area contributed by atoms with Crippen LogP contribution < -0.4 is 15.6 Å². The normalized spacial score (nSPS) is 10.7. The molecule has 3 aromatic rings. The third kappa shape index (κ3) is 5.72. The molecule has 0 atom stereocenters. The van der Waals surface area contributed by atoms with Gasteiger partial charge in [0.25, 0.3) is 5.56 Å². The molecule has 3 rings (SSSR count). The number of nitrogens with zero attached hydrogens (tertiary/aromatic N) is 2. The topological polar surface area (TPSA) is 109 Å². The lowest BCUT2D eigenvalue weighted by Gasteiger charge is -2.18. The second kappa shape index (κ2) is 11.8. The summed E-state index contributed by atoms with van der Waals surface area (Å²) in [6.45, 7) is 4.80. The fraction of sp³-hybridized carbons (Fsp3) is 0.360. The lowest BCUT2D eigenvalue weighted by atomic mass is 10.00. The van der Waals surface area contributed by atoms with E-state index >= 15 is 0 Å². The van der Waals surface area contributed by atoms with E-state index in [1.807, 2.05) is 25.1 Å². The Morgan fingerprint density at radius 3 is 2.68 bits per heavy atom. The van der Waals surface area contributed by atoms with Gasteiger partial charge in [-0.1, -0.05) is 26.0 Å². The molecular formula is C25H29N3O6. The zero-order valence-electron chi connectivity index (χ0n) is 19.6. The highest BCUT2D eigenvalue weighted by molar-refractivity contribution is 6.03. The van der Waals surface area contributed by atoms with Gasteiger partial charge in [-0.15, -0.1) is 0 Å². The van der Waals surface area contributed by atoms with Gasteiger partial charge in [0.05, 0.1) is 20.3 Å². The number of fused-ring (bicyclic) bond motifs is 1. The van der Waals surface area contributed by atoms with Gasteiger partial charge < -0.3 is 14.2 Å². The van der Waals surface area contributed by atoms with Crippen LogP contribution in [0.1, 0.15) is 33.1 Å². The van der Waals surface area contributed by atoms with Crippen molar-refractivity contribution in [2.45, 2.75) is 39.7 Å². The van der Waals surface area contributed by atoms with Crippen molar-refractivity contribution in [3.05, 3.63) is 52.9 Å². The van der Waals surface area contributed by atoms with Crippen LogP contribution in [0.3, 0.4) is 0 Å². The molecule has 0 radical (unpaired) electrons. The molecule has 1 N–H and O–H groups in total. The van der Waals surface area contributed by atoms with Crippen LogP contribution >= 0.6 is 0 Å². The lowest BCUT2D eigenvalue weighted by Crippen LogP contribution is -2.27. The van der Waals surface area contributed by atoms with E-state index in [4.69, 9.17) is 14.2 Å². The first-order valence-corrected chi connectivity index (χ1v) is 11.3.